The minimum atomic E-state index is -1.32. The number of nitrogens with one attached hydrogen (secondary N) is 1. The van der Waals surface area contributed by atoms with Gasteiger partial charge < -0.3 is 26.1 Å². The van der Waals surface area contributed by atoms with Gasteiger partial charge in [-0.05, 0) is 43.7 Å². The predicted molar refractivity (Wildman–Crippen MR) is 172 cm³/mol. The number of thiazole rings is 1. The van der Waals surface area contributed by atoms with E-state index in [4.69, 9.17) is 15.7 Å². The Labute approximate surface area is 274 Å². The molecule has 5 N–H and O–H groups in total. The molecule has 17 heteroatoms. The molecule has 0 radical (unpaired) electrons. The van der Waals surface area contributed by atoms with Crippen molar-refractivity contribution in [2.24, 2.45) is 5.16 Å². The molecule has 0 saturated carbocycles. The Morgan fingerprint density at radius 2 is 2.00 bits per heavy atom. The van der Waals surface area contributed by atoms with Crippen LogP contribution < -0.4 is 15.6 Å². The first-order valence-electron chi connectivity index (χ1n) is 13.6. The molecule has 1 aliphatic heterocycles. The summed E-state index contributed by atoms with van der Waals surface area (Å²) in [5.41, 5.74) is 6.32. The van der Waals surface area contributed by atoms with Crippen LogP contribution in [0, 0.1) is 0 Å². The van der Waals surface area contributed by atoms with Gasteiger partial charge in [0.2, 0.25) is 12.2 Å². The Morgan fingerprint density at radius 3 is 2.63 bits per heavy atom. The Kier molecular flexibility index (Phi) is 11.4. The minimum Gasteiger partial charge on any atom is -0.477 e. The number of allylic oxidation sites excluding steroid dienone is 2. The van der Waals surface area contributed by atoms with Crippen molar-refractivity contribution in [3.63, 3.8) is 0 Å². The lowest BCUT2D eigenvalue weighted by atomic mass is 10.1. The van der Waals surface area contributed by atoms with Gasteiger partial charge in [0, 0.05) is 17.2 Å². The predicted octanol–water partition coefficient (Wildman–Crippen LogP) is 2.38. The number of thiophene rings is 1. The Morgan fingerprint density at radius 1 is 1.24 bits per heavy atom. The number of carboxylic acids is 2. The first kappa shape index (κ1) is 34.0. The number of nitrogen functional groups attached to an aromatic ring is 1. The zero-order chi connectivity index (χ0) is 33.4. The average Bonchev–Trinajstić information content (AvgIpc) is 3.70. The van der Waals surface area contributed by atoms with E-state index in [1.807, 2.05) is 0 Å². The molecule has 3 aromatic heterocycles. The van der Waals surface area contributed by atoms with Crippen LogP contribution in [0.25, 0.3) is 0 Å². The van der Waals surface area contributed by atoms with Crippen LogP contribution >= 0.6 is 34.4 Å². The fraction of sp³-hybridized carbons (Fsp3) is 0.241. The van der Waals surface area contributed by atoms with E-state index in [9.17, 15) is 29.1 Å². The molecule has 4 heterocycles. The number of aromatic nitrogens is 2. The van der Waals surface area contributed by atoms with E-state index in [2.05, 4.69) is 15.5 Å². The molecule has 0 aliphatic carbocycles. The molecule has 0 spiro atoms. The summed E-state index contributed by atoms with van der Waals surface area (Å²) in [6.07, 6.45) is 7.05. The number of rotatable bonds is 14. The van der Waals surface area contributed by atoms with Gasteiger partial charge >= 0.3 is 11.9 Å². The number of nitrogens with two attached hydrogens (primary N) is 1. The van der Waals surface area contributed by atoms with Crippen LogP contribution in [0.2, 0.25) is 0 Å². The second-order valence-corrected chi connectivity index (χ2v) is 12.7. The maximum atomic E-state index is 13.1. The number of hydrogen-bond acceptors (Lipinski definition) is 12. The van der Waals surface area contributed by atoms with Crippen LogP contribution in [-0.2, 0) is 25.8 Å². The Bertz CT molecular complexity index is 1750. The van der Waals surface area contributed by atoms with Crippen LogP contribution in [0.5, 0.6) is 0 Å². The van der Waals surface area contributed by atoms with Gasteiger partial charge in [0.05, 0.1) is 16.5 Å². The number of aliphatic carboxylic acids is 1. The molecule has 14 nitrogen and oxygen atoms in total. The van der Waals surface area contributed by atoms with Gasteiger partial charge in [-0.15, -0.1) is 34.4 Å². The third kappa shape index (κ3) is 8.04. The molecule has 0 fully saturated rings. The summed E-state index contributed by atoms with van der Waals surface area (Å²) in [7, 11) is 0. The second-order valence-electron chi connectivity index (χ2n) is 9.57. The zero-order valence-corrected chi connectivity index (χ0v) is 26.9. The van der Waals surface area contributed by atoms with E-state index in [1.165, 1.54) is 23.9 Å². The highest BCUT2D eigenvalue weighted by atomic mass is 32.2. The summed E-state index contributed by atoms with van der Waals surface area (Å²) >= 11 is 3.29. The number of carboxylic acid groups (broad SMARTS) is 2. The lowest BCUT2D eigenvalue weighted by molar-refractivity contribution is -0.687. The fourth-order valence-electron chi connectivity index (χ4n) is 4.37. The van der Waals surface area contributed by atoms with Crippen LogP contribution in [0.3, 0.4) is 0 Å². The Hall–Kier alpha value is -4.87. The first-order chi connectivity index (χ1) is 22.0. The maximum absolute atomic E-state index is 13.1. The van der Waals surface area contributed by atoms with Gasteiger partial charge in [-0.3, -0.25) is 19.3 Å². The third-order valence-corrected chi connectivity index (χ3v) is 9.61. The van der Waals surface area contributed by atoms with Gasteiger partial charge in [-0.25, -0.2) is 19.1 Å². The van der Waals surface area contributed by atoms with Crippen molar-refractivity contribution in [1.82, 2.24) is 15.2 Å². The number of thioether (sulfide) groups is 1. The van der Waals surface area contributed by atoms with Crippen molar-refractivity contribution < 1.29 is 43.6 Å². The van der Waals surface area contributed by atoms with Crippen LogP contribution in [-0.4, -0.2) is 79.6 Å². The number of anilines is 1. The highest BCUT2D eigenvalue weighted by Crippen LogP contribution is 2.32. The molecule has 2 unspecified atom stereocenters. The van der Waals surface area contributed by atoms with E-state index in [0.29, 0.717) is 22.4 Å². The summed E-state index contributed by atoms with van der Waals surface area (Å²) in [4.78, 5) is 72.3. The van der Waals surface area contributed by atoms with E-state index in [0.717, 1.165) is 27.6 Å². The molecule has 4 rings (SSSR count). The summed E-state index contributed by atoms with van der Waals surface area (Å²) in [5, 5.41) is 26.9. The lowest BCUT2D eigenvalue weighted by Crippen LogP contribution is -2.52. The highest BCUT2D eigenvalue weighted by Gasteiger charge is 2.36. The van der Waals surface area contributed by atoms with Gasteiger partial charge in [0.15, 0.2) is 29.8 Å². The normalized spacial score (nSPS) is 15.9. The summed E-state index contributed by atoms with van der Waals surface area (Å²) in [5.74, 6) is -3.15. The van der Waals surface area contributed by atoms with Crippen molar-refractivity contribution in [3.8, 4) is 0 Å². The molecule has 1 aliphatic rings. The summed E-state index contributed by atoms with van der Waals surface area (Å²) < 4.78 is 1.71. The molecular formula is C29H29N6O8S3+. The van der Waals surface area contributed by atoms with Crippen LogP contribution in [0.1, 0.15) is 44.4 Å². The van der Waals surface area contributed by atoms with Gasteiger partial charge in [0.1, 0.15) is 28.2 Å². The average molecular weight is 686 g/mol. The van der Waals surface area contributed by atoms with Crippen molar-refractivity contribution in [2.45, 2.75) is 31.8 Å². The smallest absolute Gasteiger partial charge is 0.352 e. The van der Waals surface area contributed by atoms with Crippen molar-refractivity contribution in [2.75, 3.05) is 18.1 Å². The maximum Gasteiger partial charge on any atom is 0.352 e. The summed E-state index contributed by atoms with van der Waals surface area (Å²) in [6.45, 7) is 3.82. The largest absolute Gasteiger partial charge is 0.477 e. The minimum absolute atomic E-state index is 0.0627. The monoisotopic (exact) mass is 685 g/mol. The SMILES string of the molecule is CCO/N=C(\C(=O)NC(C)C1SCC(/C=C/C[n+]2cccc(C(=O)c3ccc(C(=O)O)s3)c2)=C(C(=O)O)N1C=O)c1csc(N)n1. The molecule has 3 aromatic rings. The number of hydrogen-bond donors (Lipinski definition) is 4. The number of nitrogens with zero attached hydrogens (tertiary/aromatic N) is 4. The molecule has 0 saturated heterocycles. The highest BCUT2D eigenvalue weighted by molar-refractivity contribution is 8.00. The van der Waals surface area contributed by atoms with E-state index in [-0.39, 0.29) is 51.8 Å². The number of pyridine rings is 1. The molecule has 2 amide bonds. The number of carbonyl (C=O) groups excluding carboxylic acids is 3. The third-order valence-electron chi connectivity index (χ3n) is 6.41. The fourth-order valence-corrected chi connectivity index (χ4v) is 6.98. The van der Waals surface area contributed by atoms with Gasteiger partial charge in [0.25, 0.3) is 5.91 Å². The quantitative estimate of drug-likeness (QED) is 0.0637. The van der Waals surface area contributed by atoms with Crippen LogP contribution in [0.15, 0.2) is 70.6 Å². The number of carbonyl (C=O) groups is 5. The topological polar surface area (TPSA) is 205 Å². The van der Waals surface area contributed by atoms with Crippen LogP contribution in [0.4, 0.5) is 5.13 Å². The molecular weight excluding hydrogens is 657 g/mol. The van der Waals surface area contributed by atoms with E-state index in [1.54, 1.807) is 60.5 Å². The van der Waals surface area contributed by atoms with Crippen molar-refractivity contribution in [1.29, 1.82) is 0 Å². The molecule has 0 bridgehead atoms. The summed E-state index contributed by atoms with van der Waals surface area (Å²) in [6, 6.07) is 5.43. The Balaban J connectivity index is 1.49. The molecule has 2 atom stereocenters. The molecule has 240 valence electrons. The number of ketones is 1. The number of aromatic carboxylic acids is 1. The standard InChI is InChI=1S/C29H28N6O8S3/c1-3-43-33-22(19-14-45-29(30)32-19)25(38)31-16(2)26-35(15-36)23(28(41)42)18(13-44-26)7-5-11-34-10-4-6-17(12-34)24(37)20-8-9-21(46-20)27(39)40/h4-10,12,14-16,26H,3,11,13H2,1-2H3,(H4-,30,31,32,38,39,40,41,42)/p+1/b7-5+,33-22-. The van der Waals surface area contributed by atoms with Crippen molar-refractivity contribution >= 4 is 75.3 Å². The van der Waals surface area contributed by atoms with E-state index >= 15 is 0 Å². The van der Waals surface area contributed by atoms with E-state index < -0.39 is 29.3 Å². The number of oxime groups is 1. The molecule has 0 aromatic carbocycles. The van der Waals surface area contributed by atoms with Gasteiger partial charge in [-0.2, -0.15) is 0 Å². The van der Waals surface area contributed by atoms with Crippen molar-refractivity contribution in [3.05, 3.63) is 86.5 Å². The first-order valence-corrected chi connectivity index (χ1v) is 16.4. The second kappa shape index (κ2) is 15.4. The molecule has 46 heavy (non-hydrogen) atoms. The lowest BCUT2D eigenvalue weighted by Gasteiger charge is -2.37. The number of amides is 2. The zero-order valence-electron chi connectivity index (χ0n) is 24.5. The van der Waals surface area contributed by atoms with Gasteiger partial charge in [-0.1, -0.05) is 11.2 Å².